The van der Waals surface area contributed by atoms with E-state index in [1.54, 1.807) is 6.07 Å². The smallest absolute Gasteiger partial charge is 0.224 e. The molecule has 2 aromatic rings. The Kier molecular flexibility index (Phi) is 5.78. The third-order valence-electron chi connectivity index (χ3n) is 4.17. The number of carbonyl (C=O) groups excluding carboxylic acids is 1. The lowest BCUT2D eigenvalue weighted by Crippen LogP contribution is -2.36. The monoisotopic (exact) mass is 364 g/mol. The molecule has 4 nitrogen and oxygen atoms in total. The van der Waals surface area contributed by atoms with E-state index in [2.05, 4.69) is 5.32 Å². The molecule has 2 aromatic carbocycles. The van der Waals surface area contributed by atoms with E-state index >= 15 is 0 Å². The maximum Gasteiger partial charge on any atom is 0.224 e. The van der Waals surface area contributed by atoms with E-state index < -0.39 is 17.5 Å². The SMILES string of the molecule is O=C(CCc1ccc(F)c(F)c1)Nc1cc(F)cc(N2CCOCC2)c1. The number of hydrogen-bond donors (Lipinski definition) is 1. The number of hydrogen-bond acceptors (Lipinski definition) is 3. The van der Waals surface area contributed by atoms with Crippen molar-refractivity contribution in [2.75, 3.05) is 36.5 Å². The van der Waals surface area contributed by atoms with Crippen LogP contribution >= 0.6 is 0 Å². The molecule has 1 aliphatic rings. The lowest BCUT2D eigenvalue weighted by atomic mass is 10.1. The van der Waals surface area contributed by atoms with E-state index in [1.165, 1.54) is 18.2 Å². The molecule has 1 fully saturated rings. The van der Waals surface area contributed by atoms with Crippen LogP contribution in [0.5, 0.6) is 0 Å². The Balaban J connectivity index is 1.61. The van der Waals surface area contributed by atoms with Crippen LogP contribution in [0.2, 0.25) is 0 Å². The normalized spacial score (nSPS) is 14.3. The van der Waals surface area contributed by atoms with E-state index in [1.807, 2.05) is 4.90 Å². The standard InChI is InChI=1S/C19H19F3N2O2/c20-14-10-15(12-16(11-14)24-5-7-26-8-6-24)23-19(25)4-2-13-1-3-17(21)18(22)9-13/h1,3,9-12H,2,4-8H2,(H,23,25). The predicted octanol–water partition coefficient (Wildman–Crippen LogP) is 3.51. The third kappa shape index (κ3) is 4.76. The summed E-state index contributed by atoms with van der Waals surface area (Å²) in [6.07, 6.45) is 0.336. The highest BCUT2D eigenvalue weighted by Gasteiger charge is 2.14. The first kappa shape index (κ1) is 18.3. The number of aryl methyl sites for hydroxylation is 1. The molecule has 1 aliphatic heterocycles. The van der Waals surface area contributed by atoms with Crippen molar-refractivity contribution in [2.45, 2.75) is 12.8 Å². The van der Waals surface area contributed by atoms with Gasteiger partial charge in [-0.2, -0.15) is 0 Å². The Labute approximate surface area is 149 Å². The van der Waals surface area contributed by atoms with Gasteiger partial charge in [0.05, 0.1) is 13.2 Å². The van der Waals surface area contributed by atoms with E-state index in [0.29, 0.717) is 43.2 Å². The highest BCUT2D eigenvalue weighted by atomic mass is 19.2. The van der Waals surface area contributed by atoms with Gasteiger partial charge in [-0.15, -0.1) is 0 Å². The van der Waals surface area contributed by atoms with Crippen molar-refractivity contribution < 1.29 is 22.7 Å². The maximum absolute atomic E-state index is 13.9. The molecular formula is C19H19F3N2O2. The molecule has 0 bridgehead atoms. The molecule has 0 atom stereocenters. The minimum atomic E-state index is -0.941. The van der Waals surface area contributed by atoms with Crippen LogP contribution in [0, 0.1) is 17.5 Å². The highest BCUT2D eigenvalue weighted by molar-refractivity contribution is 5.91. The van der Waals surface area contributed by atoms with Crippen molar-refractivity contribution in [3.63, 3.8) is 0 Å². The van der Waals surface area contributed by atoms with Gasteiger partial charge in [0.2, 0.25) is 5.91 Å². The summed E-state index contributed by atoms with van der Waals surface area (Å²) in [6, 6.07) is 7.92. The molecule has 1 saturated heterocycles. The van der Waals surface area contributed by atoms with E-state index in [-0.39, 0.29) is 18.7 Å². The molecule has 0 aliphatic carbocycles. The van der Waals surface area contributed by atoms with E-state index in [4.69, 9.17) is 4.74 Å². The van der Waals surface area contributed by atoms with Crippen molar-refractivity contribution in [1.29, 1.82) is 0 Å². The molecule has 0 saturated carbocycles. The zero-order valence-electron chi connectivity index (χ0n) is 14.1. The van der Waals surface area contributed by atoms with Crippen LogP contribution in [0.15, 0.2) is 36.4 Å². The number of nitrogens with zero attached hydrogens (tertiary/aromatic N) is 1. The molecule has 1 amide bonds. The molecule has 1 heterocycles. The second kappa shape index (κ2) is 8.23. The van der Waals surface area contributed by atoms with E-state index in [9.17, 15) is 18.0 Å². The summed E-state index contributed by atoms with van der Waals surface area (Å²) in [4.78, 5) is 14.1. The van der Waals surface area contributed by atoms with Gasteiger partial charge in [0.25, 0.3) is 0 Å². The number of amides is 1. The Morgan fingerprint density at radius 1 is 1.04 bits per heavy atom. The Bertz CT molecular complexity index is 792. The predicted molar refractivity (Wildman–Crippen MR) is 92.7 cm³/mol. The van der Waals surface area contributed by atoms with Crippen LogP contribution in [-0.4, -0.2) is 32.2 Å². The van der Waals surface area contributed by atoms with Crippen molar-refractivity contribution in [2.24, 2.45) is 0 Å². The van der Waals surface area contributed by atoms with Crippen LogP contribution in [0.4, 0.5) is 24.5 Å². The molecular weight excluding hydrogens is 345 g/mol. The number of anilines is 2. The average Bonchev–Trinajstić information content (AvgIpc) is 2.63. The topological polar surface area (TPSA) is 41.6 Å². The van der Waals surface area contributed by atoms with Crippen molar-refractivity contribution in [1.82, 2.24) is 0 Å². The molecule has 7 heteroatoms. The largest absolute Gasteiger partial charge is 0.378 e. The zero-order valence-corrected chi connectivity index (χ0v) is 14.1. The number of ether oxygens (including phenoxy) is 1. The molecule has 3 rings (SSSR count). The second-order valence-corrected chi connectivity index (χ2v) is 6.09. The van der Waals surface area contributed by atoms with Gasteiger partial charge in [-0.05, 0) is 42.3 Å². The number of morpholine rings is 1. The number of carbonyl (C=O) groups is 1. The Morgan fingerprint density at radius 2 is 1.81 bits per heavy atom. The molecule has 0 spiro atoms. The summed E-state index contributed by atoms with van der Waals surface area (Å²) in [7, 11) is 0. The van der Waals surface area contributed by atoms with Gasteiger partial charge in [0, 0.05) is 30.9 Å². The second-order valence-electron chi connectivity index (χ2n) is 6.09. The van der Waals surface area contributed by atoms with Crippen LogP contribution in [0.1, 0.15) is 12.0 Å². The fourth-order valence-electron chi connectivity index (χ4n) is 2.83. The third-order valence-corrected chi connectivity index (χ3v) is 4.17. The van der Waals surface area contributed by atoms with E-state index in [0.717, 1.165) is 12.1 Å². The first-order chi connectivity index (χ1) is 12.5. The Hall–Kier alpha value is -2.54. The average molecular weight is 364 g/mol. The first-order valence-corrected chi connectivity index (χ1v) is 8.38. The van der Waals surface area contributed by atoms with Crippen molar-refractivity contribution >= 4 is 17.3 Å². The molecule has 1 N–H and O–H groups in total. The molecule has 0 unspecified atom stereocenters. The highest BCUT2D eigenvalue weighted by Crippen LogP contribution is 2.23. The molecule has 26 heavy (non-hydrogen) atoms. The molecule has 0 aromatic heterocycles. The van der Waals surface area contributed by atoms with Crippen molar-refractivity contribution in [3.8, 4) is 0 Å². The summed E-state index contributed by atoms with van der Waals surface area (Å²) in [6.45, 7) is 2.47. The summed E-state index contributed by atoms with van der Waals surface area (Å²) in [5.41, 5.74) is 1.57. The lowest BCUT2D eigenvalue weighted by molar-refractivity contribution is -0.116. The summed E-state index contributed by atoms with van der Waals surface area (Å²) in [5, 5.41) is 2.65. The molecule has 138 valence electrons. The van der Waals surface area contributed by atoms with Gasteiger partial charge in [-0.1, -0.05) is 6.07 Å². The first-order valence-electron chi connectivity index (χ1n) is 8.38. The van der Waals surface area contributed by atoms with Crippen LogP contribution in [0.25, 0.3) is 0 Å². The van der Waals surface area contributed by atoms with Gasteiger partial charge in [-0.3, -0.25) is 4.79 Å². The number of halogens is 3. The minimum absolute atomic E-state index is 0.0779. The maximum atomic E-state index is 13.9. The van der Waals surface area contributed by atoms with Gasteiger partial charge in [0.1, 0.15) is 5.82 Å². The number of nitrogens with one attached hydrogen (secondary N) is 1. The fraction of sp³-hybridized carbons (Fsp3) is 0.316. The summed E-state index contributed by atoms with van der Waals surface area (Å²) >= 11 is 0. The number of benzene rings is 2. The lowest BCUT2D eigenvalue weighted by Gasteiger charge is -2.29. The van der Waals surface area contributed by atoms with Crippen molar-refractivity contribution in [3.05, 3.63) is 59.4 Å². The van der Waals surface area contributed by atoms with Crippen LogP contribution in [0.3, 0.4) is 0 Å². The quantitative estimate of drug-likeness (QED) is 0.883. The minimum Gasteiger partial charge on any atom is -0.378 e. The zero-order chi connectivity index (χ0) is 18.5. The Morgan fingerprint density at radius 3 is 2.54 bits per heavy atom. The van der Waals surface area contributed by atoms with Crippen LogP contribution < -0.4 is 10.2 Å². The fourth-order valence-corrected chi connectivity index (χ4v) is 2.83. The van der Waals surface area contributed by atoms with Gasteiger partial charge in [0.15, 0.2) is 11.6 Å². The number of rotatable bonds is 5. The summed E-state index contributed by atoms with van der Waals surface area (Å²) < 4.78 is 45.3. The van der Waals surface area contributed by atoms with Gasteiger partial charge in [-0.25, -0.2) is 13.2 Å². The summed E-state index contributed by atoms with van der Waals surface area (Å²) in [5.74, 6) is -2.63. The molecule has 0 radical (unpaired) electrons. The van der Waals surface area contributed by atoms with Gasteiger partial charge < -0.3 is 15.0 Å². The van der Waals surface area contributed by atoms with Gasteiger partial charge >= 0.3 is 0 Å². The van der Waals surface area contributed by atoms with Crippen LogP contribution in [-0.2, 0) is 16.0 Å².